The number of hydrogen-bond acceptors (Lipinski definition) is 7. The summed E-state index contributed by atoms with van der Waals surface area (Å²) in [7, 11) is 4.41. The number of carbonyl (C=O) groups is 2. The Bertz CT molecular complexity index is 950. The van der Waals surface area contributed by atoms with Crippen LogP contribution < -0.4 is 15.2 Å². The zero-order chi connectivity index (χ0) is 21.1. The van der Waals surface area contributed by atoms with Crippen LogP contribution in [0.1, 0.15) is 33.9 Å². The molecule has 1 atom stereocenters. The number of amides is 1. The molecule has 2 aromatic rings. The van der Waals surface area contributed by atoms with Gasteiger partial charge in [0.2, 0.25) is 0 Å². The van der Waals surface area contributed by atoms with E-state index in [1.807, 2.05) is 6.07 Å². The van der Waals surface area contributed by atoms with Gasteiger partial charge < -0.3 is 24.8 Å². The Morgan fingerprint density at radius 1 is 1.21 bits per heavy atom. The molecule has 0 fully saturated rings. The van der Waals surface area contributed by atoms with Gasteiger partial charge in [-0.1, -0.05) is 11.6 Å². The van der Waals surface area contributed by atoms with E-state index in [-0.39, 0.29) is 23.2 Å². The number of fused-ring (bicyclic) bond motifs is 1. The minimum absolute atomic E-state index is 0.000849. The number of methoxy groups -OCH3 is 3. The molecule has 2 N–H and O–H groups in total. The fourth-order valence-electron chi connectivity index (χ4n) is 3.46. The third kappa shape index (κ3) is 4.07. The molecular formula is C20H22ClN3O5. The normalized spacial score (nSPS) is 15.4. The average molecular weight is 420 g/mol. The van der Waals surface area contributed by atoms with E-state index < -0.39 is 12.0 Å². The summed E-state index contributed by atoms with van der Waals surface area (Å²) in [6, 6.07) is 4.62. The highest BCUT2D eigenvalue weighted by atomic mass is 35.5. The second-order valence-electron chi connectivity index (χ2n) is 6.54. The molecule has 1 amide bonds. The fourth-order valence-corrected chi connectivity index (χ4v) is 3.63. The number of pyridine rings is 1. The number of anilines is 1. The smallest absolute Gasteiger partial charge is 0.307 e. The molecule has 154 valence electrons. The molecule has 0 unspecified atom stereocenters. The first kappa shape index (κ1) is 20.7. The predicted molar refractivity (Wildman–Crippen MR) is 107 cm³/mol. The Hall–Kier alpha value is -3.00. The summed E-state index contributed by atoms with van der Waals surface area (Å²) in [6.07, 6.45) is 1.97. The lowest BCUT2D eigenvalue weighted by atomic mass is 9.89. The van der Waals surface area contributed by atoms with Crippen molar-refractivity contribution in [2.24, 2.45) is 0 Å². The van der Waals surface area contributed by atoms with Gasteiger partial charge in [-0.2, -0.15) is 0 Å². The average Bonchev–Trinajstić information content (AvgIpc) is 2.74. The standard InChI is InChI=1S/C20H22ClN3O5/c1-27-16-7-11-4-5-24(20(26)12-6-14(21)19(22)23-10-12)15(9-18(25)29-3)13(11)8-17(16)28-2/h6-8,10,15H,4-5,9H2,1-3H3,(H2,22,23)/t15-/m1/s1. The molecule has 0 spiro atoms. The highest BCUT2D eigenvalue weighted by Crippen LogP contribution is 2.40. The highest BCUT2D eigenvalue weighted by molar-refractivity contribution is 6.33. The molecule has 8 nitrogen and oxygen atoms in total. The number of carbonyl (C=O) groups excluding carboxylic acids is 2. The Morgan fingerprint density at radius 2 is 1.90 bits per heavy atom. The largest absolute Gasteiger partial charge is 0.493 e. The fraction of sp³-hybridized carbons (Fsp3) is 0.350. The summed E-state index contributed by atoms with van der Waals surface area (Å²) in [5, 5.41) is 0.198. The molecule has 1 aromatic heterocycles. The highest BCUT2D eigenvalue weighted by Gasteiger charge is 2.34. The van der Waals surface area contributed by atoms with E-state index in [0.717, 1.165) is 11.1 Å². The molecule has 29 heavy (non-hydrogen) atoms. The third-order valence-electron chi connectivity index (χ3n) is 4.97. The summed E-state index contributed by atoms with van der Waals surface area (Å²) in [4.78, 5) is 30.9. The van der Waals surface area contributed by atoms with Gasteiger partial charge in [0.25, 0.3) is 5.91 Å². The van der Waals surface area contributed by atoms with Crippen LogP contribution in [0, 0.1) is 0 Å². The van der Waals surface area contributed by atoms with Gasteiger partial charge in [-0.15, -0.1) is 0 Å². The molecule has 0 radical (unpaired) electrons. The van der Waals surface area contributed by atoms with Gasteiger partial charge >= 0.3 is 5.97 Å². The maximum atomic E-state index is 13.2. The molecule has 3 rings (SSSR count). The lowest BCUT2D eigenvalue weighted by molar-refractivity contribution is -0.141. The van der Waals surface area contributed by atoms with Gasteiger partial charge in [-0.3, -0.25) is 9.59 Å². The van der Waals surface area contributed by atoms with Crippen LogP contribution in [0.5, 0.6) is 11.5 Å². The Kier molecular flexibility index (Phi) is 6.12. The number of halogens is 1. The van der Waals surface area contributed by atoms with E-state index in [9.17, 15) is 9.59 Å². The van der Waals surface area contributed by atoms with Crippen molar-refractivity contribution in [3.8, 4) is 11.5 Å². The molecule has 0 bridgehead atoms. The Labute approximate surface area is 173 Å². The first-order chi connectivity index (χ1) is 13.9. The van der Waals surface area contributed by atoms with Crippen LogP contribution >= 0.6 is 11.6 Å². The number of nitrogens with zero attached hydrogens (tertiary/aromatic N) is 2. The van der Waals surface area contributed by atoms with Crippen LogP contribution in [0.4, 0.5) is 5.82 Å². The van der Waals surface area contributed by atoms with Crippen LogP contribution in [0.2, 0.25) is 5.02 Å². The van der Waals surface area contributed by atoms with Crippen LogP contribution in [-0.4, -0.2) is 49.6 Å². The van der Waals surface area contributed by atoms with E-state index >= 15 is 0 Å². The topological polar surface area (TPSA) is 104 Å². The number of esters is 1. The minimum Gasteiger partial charge on any atom is -0.493 e. The maximum Gasteiger partial charge on any atom is 0.307 e. The van der Waals surface area contributed by atoms with E-state index in [2.05, 4.69) is 4.98 Å². The van der Waals surface area contributed by atoms with E-state index in [4.69, 9.17) is 31.5 Å². The molecule has 1 aliphatic heterocycles. The van der Waals surface area contributed by atoms with Crippen molar-refractivity contribution in [2.75, 3.05) is 33.6 Å². The second kappa shape index (κ2) is 8.57. The van der Waals surface area contributed by atoms with Crippen molar-refractivity contribution in [1.82, 2.24) is 9.88 Å². The molecule has 0 aliphatic carbocycles. The molecule has 1 aromatic carbocycles. The van der Waals surface area contributed by atoms with Crippen LogP contribution in [-0.2, 0) is 16.0 Å². The van der Waals surface area contributed by atoms with Gasteiger partial charge in [0, 0.05) is 12.7 Å². The number of aromatic nitrogens is 1. The molecule has 1 aliphatic rings. The number of ether oxygens (including phenoxy) is 3. The van der Waals surface area contributed by atoms with E-state index in [0.29, 0.717) is 30.0 Å². The lowest BCUT2D eigenvalue weighted by Crippen LogP contribution is -2.41. The number of nitrogens with two attached hydrogens (primary N) is 1. The van der Waals surface area contributed by atoms with Crippen molar-refractivity contribution < 1.29 is 23.8 Å². The molecule has 9 heteroatoms. The van der Waals surface area contributed by atoms with Crippen LogP contribution in [0.15, 0.2) is 24.4 Å². The van der Waals surface area contributed by atoms with Crippen molar-refractivity contribution in [1.29, 1.82) is 0 Å². The minimum atomic E-state index is -0.533. The van der Waals surface area contributed by atoms with E-state index in [1.165, 1.54) is 26.5 Å². The summed E-state index contributed by atoms with van der Waals surface area (Å²) < 4.78 is 15.6. The van der Waals surface area contributed by atoms with Crippen molar-refractivity contribution in [2.45, 2.75) is 18.9 Å². The van der Waals surface area contributed by atoms with Gasteiger partial charge in [0.1, 0.15) is 5.82 Å². The first-order valence-corrected chi connectivity index (χ1v) is 9.31. The van der Waals surface area contributed by atoms with Crippen molar-refractivity contribution in [3.63, 3.8) is 0 Å². The number of rotatable bonds is 5. The van der Waals surface area contributed by atoms with Crippen LogP contribution in [0.25, 0.3) is 0 Å². The summed E-state index contributed by atoms with van der Waals surface area (Å²) in [5.41, 5.74) is 7.73. The van der Waals surface area contributed by atoms with E-state index in [1.54, 1.807) is 18.1 Å². The van der Waals surface area contributed by atoms with Crippen LogP contribution in [0.3, 0.4) is 0 Å². The monoisotopic (exact) mass is 419 g/mol. The summed E-state index contributed by atoms with van der Waals surface area (Å²) in [6.45, 7) is 0.408. The lowest BCUT2D eigenvalue weighted by Gasteiger charge is -2.37. The zero-order valence-corrected chi connectivity index (χ0v) is 17.2. The molecule has 0 saturated heterocycles. The number of benzene rings is 1. The summed E-state index contributed by atoms with van der Waals surface area (Å²) >= 11 is 6.03. The molecule has 0 saturated carbocycles. The Balaban J connectivity index is 2.04. The number of nitrogen functional groups attached to an aromatic ring is 1. The quantitative estimate of drug-likeness (QED) is 0.743. The van der Waals surface area contributed by atoms with Gasteiger partial charge in [-0.25, -0.2) is 4.98 Å². The first-order valence-electron chi connectivity index (χ1n) is 8.93. The molecular weight excluding hydrogens is 398 g/mol. The number of hydrogen-bond donors (Lipinski definition) is 1. The third-order valence-corrected chi connectivity index (χ3v) is 5.27. The maximum absolute atomic E-state index is 13.2. The summed E-state index contributed by atoms with van der Waals surface area (Å²) in [5.74, 6) is 0.540. The Morgan fingerprint density at radius 3 is 2.52 bits per heavy atom. The second-order valence-corrected chi connectivity index (χ2v) is 6.95. The zero-order valence-electron chi connectivity index (χ0n) is 16.4. The SMILES string of the molecule is COC(=O)C[C@@H]1c2cc(OC)c(OC)cc2CCN1C(=O)c1cnc(N)c(Cl)c1. The van der Waals surface area contributed by atoms with Crippen molar-refractivity contribution >= 4 is 29.3 Å². The van der Waals surface area contributed by atoms with Gasteiger partial charge in [0.15, 0.2) is 11.5 Å². The predicted octanol–water partition coefficient (Wildman–Crippen LogP) is 2.64. The van der Waals surface area contributed by atoms with Gasteiger partial charge in [-0.05, 0) is 35.7 Å². The van der Waals surface area contributed by atoms with Crippen molar-refractivity contribution in [3.05, 3.63) is 46.1 Å². The van der Waals surface area contributed by atoms with Gasteiger partial charge in [0.05, 0.1) is 44.4 Å². The molecule has 2 heterocycles.